The topological polar surface area (TPSA) is 100 Å². The van der Waals surface area contributed by atoms with E-state index in [1.807, 2.05) is 12.1 Å². The van der Waals surface area contributed by atoms with Gasteiger partial charge in [0.15, 0.2) is 0 Å². The molecule has 10 heteroatoms. The lowest BCUT2D eigenvalue weighted by molar-refractivity contribution is 0.0759. The number of piperidine rings is 1. The molecule has 0 aliphatic carbocycles. The Balaban J connectivity index is 0.00000441. The molecule has 4 rings (SSSR count). The van der Waals surface area contributed by atoms with Gasteiger partial charge in [-0.05, 0) is 75.7 Å². The Bertz CT molecular complexity index is 1230. The predicted molar refractivity (Wildman–Crippen MR) is 156 cm³/mol. The number of hydrogen-bond acceptors (Lipinski definition) is 7. The second-order valence-electron chi connectivity index (χ2n) is 10.9. The Morgan fingerprint density at radius 1 is 1.18 bits per heavy atom. The molecule has 0 saturated carbocycles. The molecule has 2 aliphatic rings. The van der Waals surface area contributed by atoms with Crippen molar-refractivity contribution in [3.63, 3.8) is 0 Å². The van der Waals surface area contributed by atoms with E-state index in [1.54, 1.807) is 39.2 Å². The summed E-state index contributed by atoms with van der Waals surface area (Å²) in [6.45, 7) is 7.02. The first kappa shape index (κ1) is 32.0. The SMILES string of the molecule is C.COCCN1CCC(c2ccc(CC3C(C)(C)OC(=N[C@@H](CCO)c4ccccc4F)NS3(=O)=O)cc2)CC1. The lowest BCUT2D eigenvalue weighted by Gasteiger charge is -2.39. The average molecular weight is 578 g/mol. The first-order chi connectivity index (χ1) is 18.6. The molecule has 2 aromatic rings. The summed E-state index contributed by atoms with van der Waals surface area (Å²) in [4.78, 5) is 6.80. The molecule has 2 aromatic carbocycles. The minimum Gasteiger partial charge on any atom is -0.457 e. The molecule has 0 aromatic heterocycles. The van der Waals surface area contributed by atoms with Crippen LogP contribution in [0.5, 0.6) is 0 Å². The van der Waals surface area contributed by atoms with Gasteiger partial charge in [0.25, 0.3) is 6.02 Å². The number of nitrogens with one attached hydrogen (secondary N) is 1. The average Bonchev–Trinajstić information content (AvgIpc) is 2.90. The highest BCUT2D eigenvalue weighted by molar-refractivity contribution is 7.90. The Morgan fingerprint density at radius 2 is 1.85 bits per heavy atom. The van der Waals surface area contributed by atoms with Gasteiger partial charge in [-0.2, -0.15) is 0 Å². The fraction of sp³-hybridized carbons (Fsp3) is 0.567. The predicted octanol–water partition coefficient (Wildman–Crippen LogP) is 4.41. The number of ether oxygens (including phenoxy) is 2. The number of aliphatic imine (C=N–C) groups is 1. The van der Waals surface area contributed by atoms with Crippen molar-refractivity contribution in [3.8, 4) is 0 Å². The highest BCUT2D eigenvalue weighted by Crippen LogP contribution is 2.32. The number of aliphatic hydroxyl groups excluding tert-OH is 1. The van der Waals surface area contributed by atoms with Gasteiger partial charge < -0.3 is 19.5 Å². The van der Waals surface area contributed by atoms with Gasteiger partial charge in [-0.15, -0.1) is 0 Å². The summed E-state index contributed by atoms with van der Waals surface area (Å²) < 4.78 is 54.8. The number of amidine groups is 1. The molecule has 2 N–H and O–H groups in total. The van der Waals surface area contributed by atoms with Crippen LogP contribution in [-0.4, -0.2) is 75.3 Å². The monoisotopic (exact) mass is 577 g/mol. The zero-order chi connectivity index (χ0) is 28.0. The molecule has 40 heavy (non-hydrogen) atoms. The number of sulfonamides is 1. The van der Waals surface area contributed by atoms with E-state index in [1.165, 1.54) is 11.6 Å². The van der Waals surface area contributed by atoms with Crippen molar-refractivity contribution >= 4 is 16.0 Å². The van der Waals surface area contributed by atoms with E-state index in [-0.39, 0.29) is 38.5 Å². The molecule has 2 atom stereocenters. The van der Waals surface area contributed by atoms with Crippen LogP contribution < -0.4 is 4.72 Å². The Kier molecular flexibility index (Phi) is 11.1. The number of likely N-dealkylation sites (tertiary alicyclic amines) is 1. The van der Waals surface area contributed by atoms with Crippen LogP contribution in [-0.2, 0) is 25.9 Å². The number of halogens is 1. The van der Waals surface area contributed by atoms with Crippen LogP contribution in [0.15, 0.2) is 53.5 Å². The van der Waals surface area contributed by atoms with Gasteiger partial charge in [-0.3, -0.25) is 0 Å². The molecule has 0 amide bonds. The van der Waals surface area contributed by atoms with Gasteiger partial charge in [0.1, 0.15) is 16.7 Å². The summed E-state index contributed by atoms with van der Waals surface area (Å²) >= 11 is 0. The molecule has 222 valence electrons. The van der Waals surface area contributed by atoms with Gasteiger partial charge in [0, 0.05) is 25.8 Å². The standard InChI is InChI=1S/C29H40FN3O5S.CH4/c1-29(2)27(20-21-8-10-22(11-9-21)23-12-15-33(16-13-23)17-19-37-3)39(35,36)32-28(38-29)31-26(14-18-34)24-6-4-5-7-25(24)30;/h4-11,23,26-27,34H,12-20H2,1-3H3,(H,31,32);1H4/t26-,27?;/m0./s1. The maximum atomic E-state index is 14.4. The van der Waals surface area contributed by atoms with E-state index >= 15 is 0 Å². The van der Waals surface area contributed by atoms with E-state index < -0.39 is 32.7 Å². The van der Waals surface area contributed by atoms with E-state index in [4.69, 9.17) is 9.47 Å². The first-order valence-electron chi connectivity index (χ1n) is 13.6. The van der Waals surface area contributed by atoms with Gasteiger partial charge >= 0.3 is 0 Å². The van der Waals surface area contributed by atoms with Crippen molar-refractivity contribution in [2.45, 2.75) is 69.8 Å². The van der Waals surface area contributed by atoms with E-state index in [0.717, 1.165) is 44.6 Å². The summed E-state index contributed by atoms with van der Waals surface area (Å²) in [7, 11) is -2.13. The summed E-state index contributed by atoms with van der Waals surface area (Å²) in [5.41, 5.74) is 1.37. The third-order valence-electron chi connectivity index (χ3n) is 7.75. The largest absolute Gasteiger partial charge is 0.457 e. The lowest BCUT2D eigenvalue weighted by Crippen LogP contribution is -2.59. The molecular formula is C30H44FN3O5S. The number of aliphatic hydroxyl groups is 1. The number of nitrogens with zero attached hydrogens (tertiary/aromatic N) is 2. The fourth-order valence-corrected chi connectivity index (χ4v) is 7.15. The molecule has 0 spiro atoms. The second kappa shape index (κ2) is 13.9. The third-order valence-corrected chi connectivity index (χ3v) is 9.69. The number of hydrogen-bond donors (Lipinski definition) is 2. The zero-order valence-corrected chi connectivity index (χ0v) is 23.8. The quantitative estimate of drug-likeness (QED) is 0.434. The van der Waals surface area contributed by atoms with Crippen molar-refractivity contribution < 1.29 is 27.4 Å². The third kappa shape index (κ3) is 7.81. The van der Waals surface area contributed by atoms with Gasteiger partial charge in [-0.1, -0.05) is 49.9 Å². The molecule has 0 radical (unpaired) electrons. The molecule has 8 nitrogen and oxygen atoms in total. The van der Waals surface area contributed by atoms with E-state index in [0.29, 0.717) is 5.92 Å². The number of rotatable bonds is 10. The normalized spacial score (nSPS) is 22.6. The minimum absolute atomic E-state index is 0. The van der Waals surface area contributed by atoms with Crippen molar-refractivity contribution in [1.82, 2.24) is 9.62 Å². The van der Waals surface area contributed by atoms with Crippen molar-refractivity contribution in [2.75, 3.05) is 40.0 Å². The first-order valence-corrected chi connectivity index (χ1v) is 15.1. The summed E-state index contributed by atoms with van der Waals surface area (Å²) in [6.07, 6.45) is 2.59. The molecule has 2 fully saturated rings. The van der Waals surface area contributed by atoms with Crippen LogP contribution >= 0.6 is 0 Å². The summed E-state index contributed by atoms with van der Waals surface area (Å²) in [5.74, 6) is 0.0222. The van der Waals surface area contributed by atoms with Crippen LogP contribution in [0.4, 0.5) is 4.39 Å². The fourth-order valence-electron chi connectivity index (χ4n) is 5.46. The summed E-state index contributed by atoms with van der Waals surface area (Å²) in [6, 6.07) is 13.4. The van der Waals surface area contributed by atoms with E-state index in [2.05, 4.69) is 26.7 Å². The molecule has 0 bridgehead atoms. The lowest BCUT2D eigenvalue weighted by atomic mass is 9.88. The van der Waals surface area contributed by atoms with Crippen LogP contribution in [0.1, 0.15) is 69.2 Å². The maximum Gasteiger partial charge on any atom is 0.299 e. The molecular weight excluding hydrogens is 533 g/mol. The minimum atomic E-state index is -3.85. The van der Waals surface area contributed by atoms with Crippen LogP contribution in [0.2, 0.25) is 0 Å². The zero-order valence-electron chi connectivity index (χ0n) is 23.0. The molecule has 2 heterocycles. The van der Waals surface area contributed by atoms with Crippen molar-refractivity contribution in [1.29, 1.82) is 0 Å². The second-order valence-corrected chi connectivity index (χ2v) is 12.7. The van der Waals surface area contributed by atoms with Crippen LogP contribution in [0.25, 0.3) is 0 Å². The molecule has 2 saturated heterocycles. The van der Waals surface area contributed by atoms with Gasteiger partial charge in [0.05, 0.1) is 12.6 Å². The maximum absolute atomic E-state index is 14.4. The Hall–Kier alpha value is -2.53. The van der Waals surface area contributed by atoms with Crippen molar-refractivity contribution in [2.24, 2.45) is 4.99 Å². The van der Waals surface area contributed by atoms with E-state index in [9.17, 15) is 17.9 Å². The van der Waals surface area contributed by atoms with Crippen LogP contribution in [0, 0.1) is 5.82 Å². The van der Waals surface area contributed by atoms with Crippen LogP contribution in [0.3, 0.4) is 0 Å². The smallest absolute Gasteiger partial charge is 0.299 e. The van der Waals surface area contributed by atoms with Gasteiger partial charge in [0.2, 0.25) is 10.0 Å². The number of benzene rings is 2. The molecule has 2 aliphatic heterocycles. The Morgan fingerprint density at radius 3 is 2.45 bits per heavy atom. The highest BCUT2D eigenvalue weighted by atomic mass is 32.2. The number of methoxy groups -OCH3 is 1. The van der Waals surface area contributed by atoms with Crippen molar-refractivity contribution in [3.05, 3.63) is 71.0 Å². The highest BCUT2D eigenvalue weighted by Gasteiger charge is 2.47. The van der Waals surface area contributed by atoms with Gasteiger partial charge in [-0.25, -0.2) is 22.5 Å². The Labute approximate surface area is 238 Å². The molecule has 1 unspecified atom stereocenters. The summed E-state index contributed by atoms with van der Waals surface area (Å²) in [5, 5.41) is 8.64.